The SMILES string of the molecule is Cn1cccc1C(=O)N1CCCC(CN2CCCC2)C1.O=C(O)C(F)(F)F. The van der Waals surface area contributed by atoms with Crippen molar-refractivity contribution in [1.82, 2.24) is 14.4 Å². The lowest BCUT2D eigenvalue weighted by Crippen LogP contribution is -2.43. The van der Waals surface area contributed by atoms with Crippen molar-refractivity contribution in [3.63, 3.8) is 0 Å². The first-order valence-corrected chi connectivity index (χ1v) is 9.11. The summed E-state index contributed by atoms with van der Waals surface area (Å²) in [5.41, 5.74) is 0.812. The van der Waals surface area contributed by atoms with Crippen molar-refractivity contribution >= 4 is 11.9 Å². The van der Waals surface area contributed by atoms with Gasteiger partial charge in [-0.05, 0) is 56.8 Å². The minimum atomic E-state index is -5.08. The maximum absolute atomic E-state index is 12.6. The Labute approximate surface area is 156 Å². The average Bonchev–Trinajstić information content (AvgIpc) is 3.26. The maximum atomic E-state index is 12.6. The summed E-state index contributed by atoms with van der Waals surface area (Å²) in [7, 11) is 1.94. The molecule has 2 aliphatic heterocycles. The molecule has 2 fully saturated rings. The zero-order chi connectivity index (χ0) is 20.0. The molecule has 6 nitrogen and oxygen atoms in total. The molecular weight excluding hydrogens is 363 g/mol. The van der Waals surface area contributed by atoms with Crippen LogP contribution in [0.4, 0.5) is 13.2 Å². The Morgan fingerprint density at radius 3 is 2.33 bits per heavy atom. The molecule has 0 aromatic carbocycles. The van der Waals surface area contributed by atoms with E-state index in [1.165, 1.54) is 38.9 Å². The smallest absolute Gasteiger partial charge is 0.475 e. The molecule has 2 saturated heterocycles. The van der Waals surface area contributed by atoms with Crippen molar-refractivity contribution < 1.29 is 27.9 Å². The van der Waals surface area contributed by atoms with Crippen molar-refractivity contribution in [2.45, 2.75) is 31.9 Å². The van der Waals surface area contributed by atoms with E-state index in [0.717, 1.165) is 25.2 Å². The van der Waals surface area contributed by atoms with Crippen molar-refractivity contribution in [1.29, 1.82) is 0 Å². The van der Waals surface area contributed by atoms with Crippen LogP contribution < -0.4 is 0 Å². The summed E-state index contributed by atoms with van der Waals surface area (Å²) >= 11 is 0. The number of hydrogen-bond acceptors (Lipinski definition) is 3. The molecule has 3 rings (SSSR count). The molecule has 0 radical (unpaired) electrons. The number of hydrogen-bond donors (Lipinski definition) is 1. The van der Waals surface area contributed by atoms with Crippen LogP contribution in [0.25, 0.3) is 0 Å². The van der Waals surface area contributed by atoms with E-state index in [9.17, 15) is 18.0 Å². The molecule has 1 atom stereocenters. The molecule has 1 aromatic heterocycles. The summed E-state index contributed by atoms with van der Waals surface area (Å²) < 4.78 is 33.7. The van der Waals surface area contributed by atoms with Crippen LogP contribution in [0.2, 0.25) is 0 Å². The number of rotatable bonds is 3. The van der Waals surface area contributed by atoms with Crippen LogP contribution in [0, 0.1) is 5.92 Å². The highest BCUT2D eigenvalue weighted by Gasteiger charge is 2.38. The zero-order valence-corrected chi connectivity index (χ0v) is 15.4. The quantitative estimate of drug-likeness (QED) is 0.863. The van der Waals surface area contributed by atoms with Crippen LogP contribution in [0.3, 0.4) is 0 Å². The second-order valence-electron chi connectivity index (χ2n) is 7.07. The van der Waals surface area contributed by atoms with Gasteiger partial charge in [-0.2, -0.15) is 13.2 Å². The summed E-state index contributed by atoms with van der Waals surface area (Å²) in [5, 5.41) is 7.12. The zero-order valence-electron chi connectivity index (χ0n) is 15.4. The molecule has 3 heterocycles. The minimum absolute atomic E-state index is 0.198. The standard InChI is InChI=1S/C16H25N3O.C2HF3O2/c1-17-8-5-7-15(17)16(20)19-11-4-6-14(13-19)12-18-9-2-3-10-18;3-2(4,5)1(6)7/h5,7-8,14H,2-4,6,9-13H2,1H3;(H,6,7). The first-order valence-electron chi connectivity index (χ1n) is 9.11. The molecule has 1 unspecified atom stereocenters. The monoisotopic (exact) mass is 389 g/mol. The fourth-order valence-corrected chi connectivity index (χ4v) is 3.57. The highest BCUT2D eigenvalue weighted by molar-refractivity contribution is 5.92. The topological polar surface area (TPSA) is 65.8 Å². The van der Waals surface area contributed by atoms with Crippen molar-refractivity contribution in [2.24, 2.45) is 13.0 Å². The fourth-order valence-electron chi connectivity index (χ4n) is 3.57. The Balaban J connectivity index is 0.000000321. The minimum Gasteiger partial charge on any atom is -0.475 e. The molecule has 1 N–H and O–H groups in total. The molecule has 0 spiro atoms. The highest BCUT2D eigenvalue weighted by atomic mass is 19.4. The Hall–Kier alpha value is -2.03. The van der Waals surface area contributed by atoms with Gasteiger partial charge < -0.3 is 19.5 Å². The predicted molar refractivity (Wildman–Crippen MR) is 93.4 cm³/mol. The fraction of sp³-hybridized carbons (Fsp3) is 0.667. The number of piperidine rings is 1. The number of aliphatic carboxylic acids is 1. The molecule has 9 heteroatoms. The van der Waals surface area contributed by atoms with Gasteiger partial charge in [0.1, 0.15) is 5.69 Å². The van der Waals surface area contributed by atoms with Gasteiger partial charge in [0, 0.05) is 32.9 Å². The molecular formula is C18H26F3N3O3. The van der Waals surface area contributed by atoms with Gasteiger partial charge in [0.2, 0.25) is 0 Å². The summed E-state index contributed by atoms with van der Waals surface area (Å²) in [6.07, 6.45) is 1.97. The number of alkyl halides is 3. The Morgan fingerprint density at radius 2 is 1.81 bits per heavy atom. The van der Waals surface area contributed by atoms with Gasteiger partial charge in [-0.3, -0.25) is 4.79 Å². The van der Waals surface area contributed by atoms with Gasteiger partial charge >= 0.3 is 12.1 Å². The normalized spacial score (nSPS) is 20.9. The van der Waals surface area contributed by atoms with Gasteiger partial charge in [-0.15, -0.1) is 0 Å². The van der Waals surface area contributed by atoms with Crippen LogP contribution in [-0.2, 0) is 11.8 Å². The van der Waals surface area contributed by atoms with E-state index in [-0.39, 0.29) is 5.91 Å². The van der Waals surface area contributed by atoms with E-state index in [0.29, 0.717) is 5.92 Å². The van der Waals surface area contributed by atoms with E-state index in [1.54, 1.807) is 0 Å². The van der Waals surface area contributed by atoms with E-state index < -0.39 is 12.1 Å². The third kappa shape index (κ3) is 6.27. The van der Waals surface area contributed by atoms with Gasteiger partial charge in [-0.1, -0.05) is 0 Å². The molecule has 152 valence electrons. The number of aryl methyl sites for hydroxylation is 1. The number of halogens is 3. The molecule has 0 aliphatic carbocycles. The summed E-state index contributed by atoms with van der Waals surface area (Å²) in [6, 6.07) is 3.87. The molecule has 0 saturated carbocycles. The van der Waals surface area contributed by atoms with Gasteiger partial charge in [0.25, 0.3) is 5.91 Å². The van der Waals surface area contributed by atoms with Gasteiger partial charge in [0.15, 0.2) is 0 Å². The maximum Gasteiger partial charge on any atom is 0.490 e. The van der Waals surface area contributed by atoms with Crippen molar-refractivity contribution in [2.75, 3.05) is 32.7 Å². The van der Waals surface area contributed by atoms with E-state index >= 15 is 0 Å². The lowest BCUT2D eigenvalue weighted by Gasteiger charge is -2.34. The molecule has 1 amide bonds. The number of aromatic nitrogens is 1. The van der Waals surface area contributed by atoms with E-state index in [2.05, 4.69) is 9.80 Å². The van der Waals surface area contributed by atoms with Gasteiger partial charge in [0.05, 0.1) is 0 Å². The van der Waals surface area contributed by atoms with Crippen LogP contribution >= 0.6 is 0 Å². The van der Waals surface area contributed by atoms with Crippen LogP contribution in [-0.4, -0.2) is 70.3 Å². The number of nitrogens with zero attached hydrogens (tertiary/aromatic N) is 3. The lowest BCUT2D eigenvalue weighted by atomic mass is 9.97. The molecule has 27 heavy (non-hydrogen) atoms. The number of carbonyl (C=O) groups is 2. The second-order valence-corrected chi connectivity index (χ2v) is 7.07. The second kappa shape index (κ2) is 9.25. The number of carboxylic acids is 1. The number of likely N-dealkylation sites (tertiary alicyclic amines) is 2. The van der Waals surface area contributed by atoms with Crippen LogP contribution in [0.1, 0.15) is 36.2 Å². The van der Waals surface area contributed by atoms with Crippen molar-refractivity contribution in [3.8, 4) is 0 Å². The summed E-state index contributed by atoms with van der Waals surface area (Å²) in [4.78, 5) is 26.1. The van der Waals surface area contributed by atoms with Crippen molar-refractivity contribution in [3.05, 3.63) is 24.0 Å². The Kier molecular flexibility index (Phi) is 7.29. The highest BCUT2D eigenvalue weighted by Crippen LogP contribution is 2.21. The number of carboxylic acid groups (broad SMARTS) is 1. The third-order valence-electron chi connectivity index (χ3n) is 4.93. The summed E-state index contributed by atoms with van der Waals surface area (Å²) in [6.45, 7) is 5.53. The first-order chi connectivity index (χ1) is 12.7. The molecule has 1 aromatic rings. The van der Waals surface area contributed by atoms with E-state index in [1.807, 2.05) is 29.9 Å². The van der Waals surface area contributed by atoms with Crippen LogP contribution in [0.15, 0.2) is 18.3 Å². The summed E-state index contributed by atoms with van der Waals surface area (Å²) in [5.74, 6) is -1.90. The largest absolute Gasteiger partial charge is 0.490 e. The predicted octanol–water partition coefficient (Wildman–Crippen LogP) is 2.61. The molecule has 2 aliphatic rings. The number of carbonyl (C=O) groups excluding carboxylic acids is 1. The third-order valence-corrected chi connectivity index (χ3v) is 4.93. The number of amides is 1. The lowest BCUT2D eigenvalue weighted by molar-refractivity contribution is -0.192. The first kappa shape index (κ1) is 21.3. The van der Waals surface area contributed by atoms with Crippen LogP contribution in [0.5, 0.6) is 0 Å². The molecule has 0 bridgehead atoms. The van der Waals surface area contributed by atoms with Gasteiger partial charge in [-0.25, -0.2) is 4.79 Å². The Bertz CT molecular complexity index is 639. The average molecular weight is 389 g/mol. The Morgan fingerprint density at radius 1 is 1.19 bits per heavy atom. The van der Waals surface area contributed by atoms with E-state index in [4.69, 9.17) is 9.90 Å².